The van der Waals surface area contributed by atoms with Crippen LogP contribution in [-0.4, -0.2) is 22.3 Å². The summed E-state index contributed by atoms with van der Waals surface area (Å²) in [7, 11) is 0. The maximum absolute atomic E-state index is 12.3. The molecule has 0 spiro atoms. The van der Waals surface area contributed by atoms with Gasteiger partial charge in [-0.05, 0) is 61.2 Å². The fourth-order valence-corrected chi connectivity index (χ4v) is 3.56. The van der Waals surface area contributed by atoms with E-state index in [4.69, 9.17) is 0 Å². The van der Waals surface area contributed by atoms with Crippen LogP contribution in [0.4, 0.5) is 0 Å². The number of phenolic OH excluding ortho intramolecular Hbond substituents is 2. The molecule has 5 nitrogen and oxygen atoms in total. The van der Waals surface area contributed by atoms with Gasteiger partial charge in [-0.15, -0.1) is 0 Å². The summed E-state index contributed by atoms with van der Waals surface area (Å²) >= 11 is 6.27. The number of benzene rings is 3. The highest BCUT2D eigenvalue weighted by Crippen LogP contribution is 2.40. The first-order valence-corrected chi connectivity index (χ1v) is 9.45. The van der Waals surface area contributed by atoms with Gasteiger partial charge < -0.3 is 10.2 Å². The number of carbonyl (C=O) groups excluding carboxylic acids is 1. The number of hydrazone groups is 1. The molecule has 3 aromatic carbocycles. The van der Waals surface area contributed by atoms with Gasteiger partial charge in [0.15, 0.2) is 0 Å². The molecule has 0 atom stereocenters. The van der Waals surface area contributed by atoms with Crippen LogP contribution in [0.2, 0.25) is 0 Å². The molecular formula is C20H14Br2N2O3. The summed E-state index contributed by atoms with van der Waals surface area (Å²) in [4.78, 5) is 12.3. The van der Waals surface area contributed by atoms with Crippen LogP contribution in [0.5, 0.6) is 11.5 Å². The number of rotatable bonds is 4. The first kappa shape index (κ1) is 19.1. The number of aromatic hydroxyl groups is 2. The molecule has 7 heteroatoms. The third-order valence-corrected chi connectivity index (χ3v) is 5.15. The summed E-state index contributed by atoms with van der Waals surface area (Å²) in [6.45, 7) is 0. The molecule has 0 unspecified atom stereocenters. The van der Waals surface area contributed by atoms with E-state index in [1.165, 1.54) is 12.3 Å². The topological polar surface area (TPSA) is 81.9 Å². The predicted molar refractivity (Wildman–Crippen MR) is 112 cm³/mol. The van der Waals surface area contributed by atoms with Crippen molar-refractivity contribution in [3.8, 4) is 22.6 Å². The number of amides is 1. The van der Waals surface area contributed by atoms with Gasteiger partial charge in [0, 0.05) is 11.1 Å². The van der Waals surface area contributed by atoms with Gasteiger partial charge in [0.25, 0.3) is 5.91 Å². The Labute approximate surface area is 172 Å². The molecule has 0 aliphatic rings. The van der Waals surface area contributed by atoms with Crippen molar-refractivity contribution in [2.75, 3.05) is 0 Å². The van der Waals surface area contributed by atoms with Crippen molar-refractivity contribution in [1.29, 1.82) is 0 Å². The first-order valence-electron chi connectivity index (χ1n) is 7.86. The molecule has 0 saturated heterocycles. The lowest BCUT2D eigenvalue weighted by molar-refractivity contribution is 0.0955. The lowest BCUT2D eigenvalue weighted by Crippen LogP contribution is -2.17. The zero-order chi connectivity index (χ0) is 19.4. The molecule has 27 heavy (non-hydrogen) atoms. The number of halogens is 2. The van der Waals surface area contributed by atoms with Crippen LogP contribution in [0, 0.1) is 0 Å². The molecule has 0 aromatic heterocycles. The van der Waals surface area contributed by atoms with Crippen LogP contribution in [-0.2, 0) is 0 Å². The lowest BCUT2D eigenvalue weighted by Gasteiger charge is -2.07. The molecule has 0 aliphatic heterocycles. The van der Waals surface area contributed by atoms with E-state index in [-0.39, 0.29) is 21.9 Å². The third-order valence-electron chi connectivity index (χ3n) is 3.80. The van der Waals surface area contributed by atoms with Crippen LogP contribution in [0.3, 0.4) is 0 Å². The van der Waals surface area contributed by atoms with Crippen molar-refractivity contribution >= 4 is 44.0 Å². The Kier molecular flexibility index (Phi) is 5.93. The largest absolute Gasteiger partial charge is 0.506 e. The van der Waals surface area contributed by atoms with E-state index in [0.717, 1.165) is 11.1 Å². The maximum atomic E-state index is 12.3. The molecule has 1 amide bonds. The van der Waals surface area contributed by atoms with E-state index in [0.29, 0.717) is 15.6 Å². The number of carbonyl (C=O) groups is 1. The molecule has 136 valence electrons. The van der Waals surface area contributed by atoms with E-state index < -0.39 is 0 Å². The number of hydrogen-bond acceptors (Lipinski definition) is 4. The quantitative estimate of drug-likeness (QED) is 0.354. The van der Waals surface area contributed by atoms with Crippen LogP contribution >= 0.6 is 31.9 Å². The average Bonchev–Trinajstić information content (AvgIpc) is 2.70. The van der Waals surface area contributed by atoms with Crippen molar-refractivity contribution < 1.29 is 15.0 Å². The van der Waals surface area contributed by atoms with Crippen LogP contribution in [0.25, 0.3) is 11.1 Å². The summed E-state index contributed by atoms with van der Waals surface area (Å²) < 4.78 is 0.524. The molecule has 0 radical (unpaired) electrons. The van der Waals surface area contributed by atoms with Crippen LogP contribution < -0.4 is 5.43 Å². The summed E-state index contributed by atoms with van der Waals surface area (Å²) in [5.41, 5.74) is 5.16. The SMILES string of the molecule is O=C(N/N=C/c1cc(Br)c(O)c(Br)c1O)c1cccc(-c2ccccc2)c1. The van der Waals surface area contributed by atoms with E-state index in [1.54, 1.807) is 18.2 Å². The number of hydrogen-bond donors (Lipinski definition) is 3. The fourth-order valence-electron chi connectivity index (χ4n) is 2.41. The minimum atomic E-state index is -0.375. The number of nitrogens with one attached hydrogen (secondary N) is 1. The molecule has 3 N–H and O–H groups in total. The molecule has 0 fully saturated rings. The second-order valence-electron chi connectivity index (χ2n) is 5.60. The van der Waals surface area contributed by atoms with Gasteiger partial charge in [0.1, 0.15) is 16.0 Å². The van der Waals surface area contributed by atoms with Crippen molar-refractivity contribution in [3.63, 3.8) is 0 Å². The summed E-state index contributed by atoms with van der Waals surface area (Å²) in [6.07, 6.45) is 1.29. The Hall–Kier alpha value is -2.64. The molecule has 0 heterocycles. The Balaban J connectivity index is 1.76. The standard InChI is InChI=1S/C20H14Br2N2O3/c21-16-10-15(18(25)17(22)19(16)26)11-23-24-20(27)14-8-4-7-13(9-14)12-5-2-1-3-6-12/h1-11,25-26H,(H,24,27)/b23-11+. The zero-order valence-electron chi connectivity index (χ0n) is 13.9. The van der Waals surface area contributed by atoms with Crippen molar-refractivity contribution in [3.05, 3.63) is 80.7 Å². The third kappa shape index (κ3) is 4.37. The predicted octanol–water partition coefficient (Wildman–Crippen LogP) is 5.05. The van der Waals surface area contributed by atoms with Crippen LogP contribution in [0.1, 0.15) is 15.9 Å². The van der Waals surface area contributed by atoms with E-state index in [9.17, 15) is 15.0 Å². The van der Waals surface area contributed by atoms with Gasteiger partial charge >= 0.3 is 0 Å². The Morgan fingerprint density at radius 3 is 2.37 bits per heavy atom. The highest BCUT2D eigenvalue weighted by Gasteiger charge is 2.13. The minimum Gasteiger partial charge on any atom is -0.506 e. The van der Waals surface area contributed by atoms with Gasteiger partial charge in [-0.1, -0.05) is 42.5 Å². The monoisotopic (exact) mass is 488 g/mol. The van der Waals surface area contributed by atoms with Gasteiger partial charge in [-0.25, -0.2) is 5.43 Å². The van der Waals surface area contributed by atoms with E-state index >= 15 is 0 Å². The second-order valence-corrected chi connectivity index (χ2v) is 7.25. The van der Waals surface area contributed by atoms with Crippen molar-refractivity contribution in [2.24, 2.45) is 5.10 Å². The van der Waals surface area contributed by atoms with E-state index in [2.05, 4.69) is 42.4 Å². The molecule has 3 rings (SSSR count). The molecule has 0 saturated carbocycles. The van der Waals surface area contributed by atoms with Crippen molar-refractivity contribution in [1.82, 2.24) is 5.43 Å². The molecule has 0 bridgehead atoms. The second kappa shape index (κ2) is 8.37. The first-order chi connectivity index (χ1) is 13.0. The highest BCUT2D eigenvalue weighted by atomic mass is 79.9. The minimum absolute atomic E-state index is 0.119. The van der Waals surface area contributed by atoms with Crippen molar-refractivity contribution in [2.45, 2.75) is 0 Å². The molecular weight excluding hydrogens is 476 g/mol. The van der Waals surface area contributed by atoms with E-state index in [1.807, 2.05) is 36.4 Å². The molecule has 0 aliphatic carbocycles. The fraction of sp³-hybridized carbons (Fsp3) is 0. The summed E-state index contributed by atoms with van der Waals surface area (Å²) in [5.74, 6) is -0.674. The number of nitrogens with zero attached hydrogens (tertiary/aromatic N) is 1. The normalized spacial score (nSPS) is 10.9. The van der Waals surface area contributed by atoms with Gasteiger partial charge in [0.05, 0.1) is 10.7 Å². The Morgan fingerprint density at radius 1 is 0.926 bits per heavy atom. The average molecular weight is 490 g/mol. The lowest BCUT2D eigenvalue weighted by atomic mass is 10.0. The summed E-state index contributed by atoms with van der Waals surface area (Å²) in [5, 5.41) is 23.6. The Morgan fingerprint density at radius 2 is 1.63 bits per heavy atom. The van der Waals surface area contributed by atoms with Gasteiger partial charge in [-0.2, -0.15) is 5.10 Å². The van der Waals surface area contributed by atoms with Crippen LogP contribution in [0.15, 0.2) is 74.7 Å². The Bertz CT molecular complexity index is 1020. The summed E-state index contributed by atoms with van der Waals surface area (Å²) in [6, 6.07) is 18.5. The zero-order valence-corrected chi connectivity index (χ0v) is 17.0. The maximum Gasteiger partial charge on any atom is 0.271 e. The number of phenols is 2. The smallest absolute Gasteiger partial charge is 0.271 e. The van der Waals surface area contributed by atoms with Gasteiger partial charge in [0.2, 0.25) is 0 Å². The highest BCUT2D eigenvalue weighted by molar-refractivity contribution is 9.11. The molecule has 3 aromatic rings. The van der Waals surface area contributed by atoms with Gasteiger partial charge in [-0.3, -0.25) is 4.79 Å².